The number of rotatable bonds is 5. The fraction of sp³-hybridized carbons (Fsp3) is 0.571. The van der Waals surface area contributed by atoms with Gasteiger partial charge in [0.15, 0.2) is 0 Å². The summed E-state index contributed by atoms with van der Waals surface area (Å²) < 4.78 is 5.05. The number of hydrogen-bond acceptors (Lipinski definition) is 5. The molecular formula is C21H30N4O4. The summed E-state index contributed by atoms with van der Waals surface area (Å²) in [6.07, 6.45) is 1.23. The molecule has 2 aliphatic rings. The van der Waals surface area contributed by atoms with Crippen molar-refractivity contribution in [1.82, 2.24) is 15.5 Å². The van der Waals surface area contributed by atoms with Crippen LogP contribution >= 0.6 is 0 Å². The number of anilines is 1. The maximum atomic E-state index is 12.8. The lowest BCUT2D eigenvalue weighted by atomic mass is 9.94. The predicted octanol–water partition coefficient (Wildman–Crippen LogP) is 1.40. The van der Waals surface area contributed by atoms with E-state index in [-0.39, 0.29) is 30.2 Å². The molecule has 0 unspecified atom stereocenters. The molecule has 1 aromatic carbocycles. The lowest BCUT2D eigenvalue weighted by molar-refractivity contribution is -0.139. The molecule has 158 valence electrons. The van der Waals surface area contributed by atoms with Gasteiger partial charge in [-0.3, -0.25) is 14.4 Å². The molecule has 0 bridgehead atoms. The fourth-order valence-electron chi connectivity index (χ4n) is 4.01. The molecule has 2 aliphatic heterocycles. The van der Waals surface area contributed by atoms with Gasteiger partial charge in [-0.05, 0) is 44.9 Å². The zero-order chi connectivity index (χ0) is 21.2. The quantitative estimate of drug-likeness (QED) is 0.691. The fourth-order valence-corrected chi connectivity index (χ4v) is 4.01. The minimum atomic E-state index is -0.693. The molecular weight excluding hydrogens is 372 g/mol. The van der Waals surface area contributed by atoms with E-state index in [2.05, 4.69) is 16.0 Å². The zero-order valence-corrected chi connectivity index (χ0v) is 17.5. The van der Waals surface area contributed by atoms with E-state index in [1.165, 1.54) is 0 Å². The van der Waals surface area contributed by atoms with Gasteiger partial charge < -0.3 is 25.6 Å². The second kappa shape index (κ2) is 8.41. The second-order valence-electron chi connectivity index (χ2n) is 8.09. The summed E-state index contributed by atoms with van der Waals surface area (Å²) in [5.41, 5.74) is 1.76. The second-order valence-corrected chi connectivity index (χ2v) is 8.09. The average Bonchev–Trinajstić information content (AvgIpc) is 2.80. The molecule has 3 rings (SSSR count). The number of fused-ring (bicyclic) bond motifs is 1. The minimum absolute atomic E-state index is 0.0880. The van der Waals surface area contributed by atoms with Gasteiger partial charge in [0.05, 0.1) is 12.2 Å². The van der Waals surface area contributed by atoms with Gasteiger partial charge in [-0.15, -0.1) is 0 Å². The van der Waals surface area contributed by atoms with Crippen LogP contribution < -0.4 is 16.0 Å². The smallest absolute Gasteiger partial charge is 0.255 e. The molecule has 29 heavy (non-hydrogen) atoms. The van der Waals surface area contributed by atoms with Crippen molar-refractivity contribution >= 4 is 23.4 Å². The van der Waals surface area contributed by atoms with Crippen molar-refractivity contribution in [3.63, 3.8) is 0 Å². The molecule has 3 atom stereocenters. The van der Waals surface area contributed by atoms with Crippen LogP contribution in [0.2, 0.25) is 0 Å². The summed E-state index contributed by atoms with van der Waals surface area (Å²) >= 11 is 0. The number of carbonyl (C=O) groups is 3. The third-order valence-electron chi connectivity index (χ3n) is 5.66. The van der Waals surface area contributed by atoms with Crippen LogP contribution in [0.5, 0.6) is 0 Å². The molecule has 0 radical (unpaired) electrons. The Labute approximate surface area is 171 Å². The summed E-state index contributed by atoms with van der Waals surface area (Å²) in [6, 6.07) is 4.93. The first kappa shape index (κ1) is 21.1. The molecule has 1 fully saturated rings. The minimum Gasteiger partial charge on any atom is -0.383 e. The Balaban J connectivity index is 1.73. The van der Waals surface area contributed by atoms with Gasteiger partial charge in [0.1, 0.15) is 11.7 Å². The van der Waals surface area contributed by atoms with E-state index in [1.807, 2.05) is 32.0 Å². The Morgan fingerprint density at radius 3 is 2.76 bits per heavy atom. The van der Waals surface area contributed by atoms with Gasteiger partial charge in [-0.25, -0.2) is 0 Å². The molecule has 2 heterocycles. The summed E-state index contributed by atoms with van der Waals surface area (Å²) in [7, 11) is 1.58. The van der Waals surface area contributed by atoms with Gasteiger partial charge in [-0.2, -0.15) is 0 Å². The number of hydrogen-bond donors (Lipinski definition) is 3. The number of nitrogens with zero attached hydrogens (tertiary/aromatic N) is 1. The molecule has 8 nitrogen and oxygen atoms in total. The number of methoxy groups -OCH3 is 1. The van der Waals surface area contributed by atoms with Crippen molar-refractivity contribution in [2.45, 2.75) is 57.8 Å². The summed E-state index contributed by atoms with van der Waals surface area (Å²) in [6.45, 7) is 6.35. The maximum Gasteiger partial charge on any atom is 0.255 e. The van der Waals surface area contributed by atoms with E-state index >= 15 is 0 Å². The van der Waals surface area contributed by atoms with Crippen LogP contribution in [-0.2, 0) is 14.3 Å². The van der Waals surface area contributed by atoms with Crippen LogP contribution in [0.3, 0.4) is 0 Å². The van der Waals surface area contributed by atoms with Crippen molar-refractivity contribution in [1.29, 1.82) is 0 Å². The van der Waals surface area contributed by atoms with Crippen LogP contribution in [0.15, 0.2) is 18.2 Å². The highest BCUT2D eigenvalue weighted by Crippen LogP contribution is 2.32. The van der Waals surface area contributed by atoms with E-state index < -0.39 is 11.7 Å². The number of ether oxygens (including phenoxy) is 1. The summed E-state index contributed by atoms with van der Waals surface area (Å²) in [5, 5.41) is 9.39. The van der Waals surface area contributed by atoms with Crippen molar-refractivity contribution < 1.29 is 19.1 Å². The Hall–Kier alpha value is -2.61. The number of amides is 3. The van der Waals surface area contributed by atoms with E-state index in [0.29, 0.717) is 31.6 Å². The third-order valence-corrected chi connectivity index (χ3v) is 5.66. The Kier molecular flexibility index (Phi) is 6.12. The summed E-state index contributed by atoms with van der Waals surface area (Å²) in [5.74, 6) is -0.436. The van der Waals surface area contributed by atoms with E-state index in [1.54, 1.807) is 18.9 Å². The van der Waals surface area contributed by atoms with Crippen LogP contribution in [0.1, 0.15) is 49.0 Å². The van der Waals surface area contributed by atoms with Crippen LogP contribution in [0, 0.1) is 6.92 Å². The first-order valence-corrected chi connectivity index (χ1v) is 10.0. The lowest BCUT2D eigenvalue weighted by Crippen LogP contribution is -2.58. The van der Waals surface area contributed by atoms with Crippen LogP contribution in [0.25, 0.3) is 0 Å². The Morgan fingerprint density at radius 1 is 1.28 bits per heavy atom. The third kappa shape index (κ3) is 4.53. The Morgan fingerprint density at radius 2 is 2.03 bits per heavy atom. The molecule has 3 N–H and O–H groups in total. The molecule has 1 aromatic rings. The van der Waals surface area contributed by atoms with Crippen molar-refractivity contribution in [2.24, 2.45) is 0 Å². The molecule has 1 saturated heterocycles. The van der Waals surface area contributed by atoms with E-state index in [0.717, 1.165) is 11.3 Å². The number of carbonyl (C=O) groups excluding carboxylic acids is 3. The maximum absolute atomic E-state index is 12.8. The number of nitrogens with one attached hydrogen (secondary N) is 3. The topological polar surface area (TPSA) is 99.8 Å². The normalized spacial score (nSPS) is 23.5. The summed E-state index contributed by atoms with van der Waals surface area (Å²) in [4.78, 5) is 39.6. The zero-order valence-electron chi connectivity index (χ0n) is 17.5. The van der Waals surface area contributed by atoms with Gasteiger partial charge in [-0.1, -0.05) is 6.07 Å². The lowest BCUT2D eigenvalue weighted by Gasteiger charge is -2.40. The van der Waals surface area contributed by atoms with Gasteiger partial charge in [0.2, 0.25) is 11.8 Å². The molecule has 0 aliphatic carbocycles. The van der Waals surface area contributed by atoms with Crippen molar-refractivity contribution in [3.05, 3.63) is 29.3 Å². The molecule has 8 heteroatoms. The Bertz CT molecular complexity index is 812. The first-order chi connectivity index (χ1) is 13.7. The van der Waals surface area contributed by atoms with Gasteiger partial charge in [0, 0.05) is 38.2 Å². The monoisotopic (exact) mass is 402 g/mol. The van der Waals surface area contributed by atoms with Crippen molar-refractivity contribution in [2.75, 3.05) is 25.6 Å². The van der Waals surface area contributed by atoms with Crippen molar-refractivity contribution in [3.8, 4) is 0 Å². The largest absolute Gasteiger partial charge is 0.383 e. The van der Waals surface area contributed by atoms with E-state index in [4.69, 9.17) is 4.74 Å². The number of benzene rings is 1. The molecule has 0 aromatic heterocycles. The first-order valence-electron chi connectivity index (χ1n) is 10.0. The predicted molar refractivity (Wildman–Crippen MR) is 110 cm³/mol. The van der Waals surface area contributed by atoms with Crippen LogP contribution in [0.4, 0.5) is 5.69 Å². The highest BCUT2D eigenvalue weighted by Gasteiger charge is 2.41. The van der Waals surface area contributed by atoms with E-state index in [9.17, 15) is 14.4 Å². The van der Waals surface area contributed by atoms with Gasteiger partial charge in [0.25, 0.3) is 5.91 Å². The van der Waals surface area contributed by atoms with Gasteiger partial charge >= 0.3 is 0 Å². The highest BCUT2D eigenvalue weighted by atomic mass is 16.5. The molecule has 3 amide bonds. The number of likely N-dealkylation sites (tertiary alicyclic amines) is 1. The molecule has 1 spiro atoms. The number of aryl methyl sites for hydroxylation is 1. The van der Waals surface area contributed by atoms with Crippen LogP contribution in [-0.4, -0.2) is 60.6 Å². The highest BCUT2D eigenvalue weighted by molar-refractivity contribution is 6.02. The SMILES string of the molecule is COC[C@H](C)NC(=O)[C@H](C)N1CC[C@@]2(CCC1=O)NC(=O)c1ccc(C)cc1N2. The molecule has 0 saturated carbocycles. The standard InChI is InChI=1S/C21H30N4O4/c1-13-5-6-16-17(11-13)23-21(24-20(16)28)8-7-18(26)25(10-9-21)15(3)19(27)22-14(2)12-29-4/h5-6,11,14-15,23H,7-10,12H2,1-4H3,(H,22,27)(H,24,28)/t14-,15-,21+/m0/s1. The average molecular weight is 402 g/mol.